The van der Waals surface area contributed by atoms with E-state index in [1.165, 1.54) is 6.07 Å². The Hall–Kier alpha value is -1.13. The van der Waals surface area contributed by atoms with Crippen molar-refractivity contribution in [2.45, 2.75) is 6.54 Å². The number of nitrogens with one attached hydrogen (secondary N) is 1. The lowest BCUT2D eigenvalue weighted by Gasteiger charge is -2.13. The standard InChI is InChI=1S/C14H16ClFN2O/c1-18-6-9-10(7-18)13(9)14(19)17-5-8-2-3-12(16)11(15)4-8/h2-4,9-10,13H,5-7H2,1H3,(H,17,19). The van der Waals surface area contributed by atoms with Crippen molar-refractivity contribution in [1.82, 2.24) is 10.2 Å². The van der Waals surface area contributed by atoms with Crippen LogP contribution >= 0.6 is 11.6 Å². The molecular weight excluding hydrogens is 267 g/mol. The van der Waals surface area contributed by atoms with E-state index in [1.807, 2.05) is 0 Å². The number of carbonyl (C=O) groups excluding carboxylic acids is 1. The highest BCUT2D eigenvalue weighted by Gasteiger charge is 2.58. The van der Waals surface area contributed by atoms with Crippen molar-refractivity contribution in [3.63, 3.8) is 0 Å². The number of piperidine rings is 1. The number of hydrogen-bond donors (Lipinski definition) is 1. The van der Waals surface area contributed by atoms with E-state index in [1.54, 1.807) is 12.1 Å². The molecule has 3 nitrogen and oxygen atoms in total. The van der Waals surface area contributed by atoms with Gasteiger partial charge in [-0.15, -0.1) is 0 Å². The molecule has 0 aromatic heterocycles. The molecule has 0 radical (unpaired) electrons. The summed E-state index contributed by atoms with van der Waals surface area (Å²) < 4.78 is 13.0. The Morgan fingerprint density at radius 2 is 2.16 bits per heavy atom. The fraction of sp³-hybridized carbons (Fsp3) is 0.500. The van der Waals surface area contributed by atoms with E-state index in [2.05, 4.69) is 17.3 Å². The number of nitrogens with zero attached hydrogens (tertiary/aromatic N) is 1. The van der Waals surface area contributed by atoms with Gasteiger partial charge in [0.05, 0.1) is 5.02 Å². The molecule has 2 unspecified atom stereocenters. The highest BCUT2D eigenvalue weighted by Crippen LogP contribution is 2.51. The third-order valence-electron chi connectivity index (χ3n) is 4.13. The number of halogens is 2. The summed E-state index contributed by atoms with van der Waals surface area (Å²) in [5, 5.41) is 3.01. The topological polar surface area (TPSA) is 32.3 Å². The molecule has 3 rings (SSSR count). The van der Waals surface area contributed by atoms with Crippen molar-refractivity contribution >= 4 is 17.5 Å². The van der Waals surface area contributed by atoms with E-state index in [0.717, 1.165) is 18.7 Å². The molecule has 1 aromatic rings. The molecule has 1 aliphatic carbocycles. The fourth-order valence-corrected chi connectivity index (χ4v) is 3.29. The monoisotopic (exact) mass is 282 g/mol. The largest absolute Gasteiger partial charge is 0.352 e. The fourth-order valence-electron chi connectivity index (χ4n) is 3.08. The van der Waals surface area contributed by atoms with Gasteiger partial charge in [-0.05, 0) is 36.6 Å². The molecule has 1 heterocycles. The van der Waals surface area contributed by atoms with Crippen LogP contribution in [0.3, 0.4) is 0 Å². The average Bonchev–Trinajstić information content (AvgIpc) is 2.88. The molecular formula is C14H16ClFN2O. The van der Waals surface area contributed by atoms with Crippen LogP contribution in [-0.2, 0) is 11.3 Å². The molecule has 1 saturated carbocycles. The maximum atomic E-state index is 13.0. The third-order valence-corrected chi connectivity index (χ3v) is 4.42. The Balaban J connectivity index is 1.53. The molecule has 1 aliphatic heterocycles. The lowest BCUT2D eigenvalue weighted by Crippen LogP contribution is -2.30. The second kappa shape index (κ2) is 4.76. The van der Waals surface area contributed by atoms with Crippen LogP contribution in [-0.4, -0.2) is 30.9 Å². The number of amides is 1. The van der Waals surface area contributed by atoms with Crippen molar-refractivity contribution in [2.75, 3.05) is 20.1 Å². The summed E-state index contributed by atoms with van der Waals surface area (Å²) in [5.74, 6) is 0.913. The predicted octanol–water partition coefficient (Wildman–Crippen LogP) is 1.90. The molecule has 19 heavy (non-hydrogen) atoms. The van der Waals surface area contributed by atoms with Crippen LogP contribution in [0.15, 0.2) is 18.2 Å². The summed E-state index contributed by atoms with van der Waals surface area (Å²) >= 11 is 5.70. The maximum absolute atomic E-state index is 13.0. The summed E-state index contributed by atoms with van der Waals surface area (Å²) in [6.45, 7) is 2.45. The molecule has 1 aromatic carbocycles. The van der Waals surface area contributed by atoms with Gasteiger partial charge in [-0.2, -0.15) is 0 Å². The molecule has 1 saturated heterocycles. The predicted molar refractivity (Wildman–Crippen MR) is 71.2 cm³/mol. The van der Waals surface area contributed by atoms with Gasteiger partial charge in [0, 0.05) is 25.6 Å². The summed E-state index contributed by atoms with van der Waals surface area (Å²) in [7, 11) is 2.08. The van der Waals surface area contributed by atoms with Crippen LogP contribution in [0, 0.1) is 23.6 Å². The minimum absolute atomic E-state index is 0.0941. The Bertz CT molecular complexity index is 510. The van der Waals surface area contributed by atoms with Crippen LogP contribution < -0.4 is 5.32 Å². The van der Waals surface area contributed by atoms with Crippen LogP contribution in [0.1, 0.15) is 5.56 Å². The molecule has 1 N–H and O–H groups in total. The highest BCUT2D eigenvalue weighted by atomic mass is 35.5. The van der Waals surface area contributed by atoms with Gasteiger partial charge < -0.3 is 10.2 Å². The minimum Gasteiger partial charge on any atom is -0.352 e. The highest BCUT2D eigenvalue weighted by molar-refractivity contribution is 6.30. The third kappa shape index (κ3) is 2.47. The number of hydrogen-bond acceptors (Lipinski definition) is 2. The summed E-state index contributed by atoms with van der Waals surface area (Å²) in [4.78, 5) is 14.3. The van der Waals surface area contributed by atoms with E-state index < -0.39 is 5.82 Å². The second-order valence-corrected chi connectivity index (χ2v) is 5.95. The zero-order valence-electron chi connectivity index (χ0n) is 10.7. The van der Waals surface area contributed by atoms with Crippen LogP contribution in [0.5, 0.6) is 0 Å². The van der Waals surface area contributed by atoms with Gasteiger partial charge in [0.15, 0.2) is 0 Å². The second-order valence-electron chi connectivity index (χ2n) is 5.54. The Morgan fingerprint density at radius 3 is 2.79 bits per heavy atom. The molecule has 2 atom stereocenters. The van der Waals surface area contributed by atoms with Crippen molar-refractivity contribution in [3.05, 3.63) is 34.6 Å². The lowest BCUT2D eigenvalue weighted by atomic mass is 10.2. The number of fused-ring (bicyclic) bond motifs is 1. The van der Waals surface area contributed by atoms with Gasteiger partial charge in [0.1, 0.15) is 5.82 Å². The van der Waals surface area contributed by atoms with E-state index >= 15 is 0 Å². The summed E-state index contributed by atoms with van der Waals surface area (Å²) in [6, 6.07) is 4.52. The zero-order chi connectivity index (χ0) is 13.6. The smallest absolute Gasteiger partial charge is 0.224 e. The zero-order valence-corrected chi connectivity index (χ0v) is 11.5. The van der Waals surface area contributed by atoms with Crippen molar-refractivity contribution in [2.24, 2.45) is 17.8 Å². The van der Waals surface area contributed by atoms with Gasteiger partial charge in [-0.3, -0.25) is 4.79 Å². The van der Waals surface area contributed by atoms with Gasteiger partial charge in [-0.25, -0.2) is 4.39 Å². The van der Waals surface area contributed by atoms with Crippen molar-refractivity contribution < 1.29 is 9.18 Å². The number of benzene rings is 1. The van der Waals surface area contributed by atoms with Gasteiger partial charge >= 0.3 is 0 Å². The van der Waals surface area contributed by atoms with Gasteiger partial charge in [0.25, 0.3) is 0 Å². The molecule has 1 amide bonds. The first-order valence-corrected chi connectivity index (χ1v) is 6.84. The maximum Gasteiger partial charge on any atom is 0.224 e. The van der Waals surface area contributed by atoms with Crippen LogP contribution in [0.4, 0.5) is 4.39 Å². The molecule has 5 heteroatoms. The number of likely N-dealkylation sites (tertiary alicyclic amines) is 1. The lowest BCUT2D eigenvalue weighted by molar-refractivity contribution is -0.123. The molecule has 2 aliphatic rings. The van der Waals surface area contributed by atoms with Crippen molar-refractivity contribution in [3.8, 4) is 0 Å². The number of carbonyl (C=O) groups is 1. The first-order valence-electron chi connectivity index (χ1n) is 6.46. The van der Waals surface area contributed by atoms with Gasteiger partial charge in [-0.1, -0.05) is 17.7 Å². The quantitative estimate of drug-likeness (QED) is 0.918. The summed E-state index contributed by atoms with van der Waals surface area (Å²) in [6.07, 6.45) is 0. The van der Waals surface area contributed by atoms with E-state index in [4.69, 9.17) is 11.6 Å². The minimum atomic E-state index is -0.434. The first kappa shape index (κ1) is 12.9. The van der Waals surface area contributed by atoms with E-state index in [0.29, 0.717) is 18.4 Å². The Kier molecular flexibility index (Phi) is 3.23. The molecule has 102 valence electrons. The first-order chi connectivity index (χ1) is 9.06. The SMILES string of the molecule is CN1CC2C(C1)C2C(=O)NCc1ccc(F)c(Cl)c1. The van der Waals surface area contributed by atoms with Gasteiger partial charge in [0.2, 0.25) is 5.91 Å². The molecule has 0 spiro atoms. The normalized spacial score (nSPS) is 29.1. The van der Waals surface area contributed by atoms with Crippen LogP contribution in [0.25, 0.3) is 0 Å². The molecule has 2 fully saturated rings. The van der Waals surface area contributed by atoms with E-state index in [9.17, 15) is 9.18 Å². The average molecular weight is 283 g/mol. The van der Waals surface area contributed by atoms with Crippen LogP contribution in [0.2, 0.25) is 5.02 Å². The summed E-state index contributed by atoms with van der Waals surface area (Å²) in [5.41, 5.74) is 0.822. The number of rotatable bonds is 3. The molecule has 0 bridgehead atoms. The Labute approximate surface area is 116 Å². The van der Waals surface area contributed by atoms with Crippen molar-refractivity contribution in [1.29, 1.82) is 0 Å². The Morgan fingerprint density at radius 1 is 1.47 bits per heavy atom. The van der Waals surface area contributed by atoms with E-state index in [-0.39, 0.29) is 16.8 Å².